The fourth-order valence-corrected chi connectivity index (χ4v) is 3.38. The van der Waals surface area contributed by atoms with Crippen LogP contribution in [-0.4, -0.2) is 34.3 Å². The van der Waals surface area contributed by atoms with Crippen LogP contribution in [0.1, 0.15) is 42.2 Å². The van der Waals surface area contributed by atoms with Gasteiger partial charge in [0, 0.05) is 5.56 Å². The highest BCUT2D eigenvalue weighted by Gasteiger charge is 2.16. The highest BCUT2D eigenvalue weighted by Crippen LogP contribution is 2.31. The van der Waals surface area contributed by atoms with Crippen molar-refractivity contribution in [1.29, 1.82) is 0 Å². The van der Waals surface area contributed by atoms with Crippen LogP contribution in [0.2, 0.25) is 5.02 Å². The Kier molecular flexibility index (Phi) is 7.75. The number of benzene rings is 2. The van der Waals surface area contributed by atoms with Crippen molar-refractivity contribution in [1.82, 2.24) is 5.32 Å². The van der Waals surface area contributed by atoms with Crippen LogP contribution in [-0.2, 0) is 10.0 Å². The lowest BCUT2D eigenvalue weighted by Gasteiger charge is -2.17. The zero-order valence-corrected chi connectivity index (χ0v) is 18.4. The summed E-state index contributed by atoms with van der Waals surface area (Å²) in [5.74, 6) is 0.866. The molecule has 2 aromatic carbocycles. The number of hydrogen-bond donors (Lipinski definition) is 2. The molecule has 9 heteroatoms. The van der Waals surface area contributed by atoms with Gasteiger partial charge in [0.15, 0.2) is 11.5 Å². The molecule has 0 radical (unpaired) electrons. The number of sulfonamides is 1. The molecule has 0 aliphatic carbocycles. The number of carbonyl (C=O) groups is 1. The van der Waals surface area contributed by atoms with Crippen LogP contribution in [0.5, 0.6) is 11.5 Å². The van der Waals surface area contributed by atoms with E-state index < -0.39 is 10.0 Å². The third kappa shape index (κ3) is 6.54. The summed E-state index contributed by atoms with van der Waals surface area (Å²) in [4.78, 5) is 12.6. The fourth-order valence-electron chi connectivity index (χ4n) is 2.59. The molecule has 158 valence electrons. The molecule has 0 aliphatic heterocycles. The zero-order chi connectivity index (χ0) is 21.6. The summed E-state index contributed by atoms with van der Waals surface area (Å²) in [6, 6.07) is 9.55. The largest absolute Gasteiger partial charge is 0.493 e. The van der Waals surface area contributed by atoms with E-state index in [1.165, 1.54) is 18.2 Å². The lowest BCUT2D eigenvalue weighted by atomic mass is 10.1. The predicted octanol–water partition coefficient (Wildman–Crippen LogP) is 4.00. The quantitative estimate of drug-likeness (QED) is 0.614. The molecule has 0 aliphatic rings. The van der Waals surface area contributed by atoms with Crippen LogP contribution < -0.4 is 19.5 Å². The van der Waals surface area contributed by atoms with Gasteiger partial charge in [-0.05, 0) is 49.2 Å². The first kappa shape index (κ1) is 22.8. The lowest BCUT2D eigenvalue weighted by Crippen LogP contribution is -2.26. The number of amides is 1. The van der Waals surface area contributed by atoms with Gasteiger partial charge in [0.25, 0.3) is 5.91 Å². The molecule has 0 saturated carbocycles. The highest BCUT2D eigenvalue weighted by molar-refractivity contribution is 7.92. The Morgan fingerprint density at radius 3 is 2.52 bits per heavy atom. The summed E-state index contributed by atoms with van der Waals surface area (Å²) < 4.78 is 36.2. The Labute approximate surface area is 176 Å². The van der Waals surface area contributed by atoms with Gasteiger partial charge < -0.3 is 14.8 Å². The lowest BCUT2D eigenvalue weighted by molar-refractivity contribution is 0.0940. The smallest absolute Gasteiger partial charge is 0.251 e. The van der Waals surface area contributed by atoms with Crippen molar-refractivity contribution < 1.29 is 22.7 Å². The average Bonchev–Trinajstić information content (AvgIpc) is 2.66. The van der Waals surface area contributed by atoms with E-state index >= 15 is 0 Å². The molecule has 0 heterocycles. The zero-order valence-electron chi connectivity index (χ0n) is 16.8. The Morgan fingerprint density at radius 1 is 1.17 bits per heavy atom. The van der Waals surface area contributed by atoms with Crippen molar-refractivity contribution in [2.75, 3.05) is 24.7 Å². The molecule has 1 amide bonds. The van der Waals surface area contributed by atoms with Gasteiger partial charge in [-0.1, -0.05) is 24.6 Å². The fraction of sp³-hybridized carbons (Fsp3) is 0.350. The van der Waals surface area contributed by atoms with Gasteiger partial charge in [0.2, 0.25) is 10.0 Å². The second-order valence-corrected chi connectivity index (χ2v) is 8.68. The van der Waals surface area contributed by atoms with Crippen molar-refractivity contribution >= 4 is 33.2 Å². The van der Waals surface area contributed by atoms with Crippen LogP contribution >= 0.6 is 11.6 Å². The first-order chi connectivity index (χ1) is 13.6. The van der Waals surface area contributed by atoms with Crippen LogP contribution in [0.25, 0.3) is 0 Å². The van der Waals surface area contributed by atoms with Gasteiger partial charge in [0.05, 0.1) is 36.7 Å². The van der Waals surface area contributed by atoms with Crippen molar-refractivity contribution in [3.05, 3.63) is 52.5 Å². The number of methoxy groups -OCH3 is 1. The third-order valence-corrected chi connectivity index (χ3v) is 4.94. The summed E-state index contributed by atoms with van der Waals surface area (Å²) in [5.41, 5.74) is 1.26. The van der Waals surface area contributed by atoms with E-state index in [-0.39, 0.29) is 28.2 Å². The van der Waals surface area contributed by atoms with E-state index in [1.54, 1.807) is 7.11 Å². The Morgan fingerprint density at radius 2 is 1.90 bits per heavy atom. The Bertz CT molecular complexity index is 979. The SMILES string of the molecule is CCCOc1ccc(C(C)NC(=O)c2ccc(Cl)c(NS(C)(=O)=O)c2)cc1OC. The maximum Gasteiger partial charge on any atom is 0.251 e. The van der Waals surface area contributed by atoms with E-state index in [2.05, 4.69) is 10.0 Å². The summed E-state index contributed by atoms with van der Waals surface area (Å²) in [7, 11) is -1.96. The van der Waals surface area contributed by atoms with E-state index in [0.717, 1.165) is 18.2 Å². The first-order valence-corrected chi connectivity index (χ1v) is 11.3. The molecule has 7 nitrogen and oxygen atoms in total. The van der Waals surface area contributed by atoms with Crippen molar-refractivity contribution in [3.63, 3.8) is 0 Å². The monoisotopic (exact) mass is 440 g/mol. The molecular formula is C20H25ClN2O5S. The van der Waals surface area contributed by atoms with Crippen LogP contribution in [0, 0.1) is 0 Å². The standard InChI is InChI=1S/C20H25ClN2O5S/c1-5-10-28-18-9-7-14(12-19(18)27-3)13(2)22-20(24)15-6-8-16(21)17(11-15)23-29(4,25)26/h6-9,11-13,23H,5,10H2,1-4H3,(H,22,24). The number of carbonyl (C=O) groups excluding carboxylic acids is 1. The Hall–Kier alpha value is -2.45. The number of halogens is 1. The molecule has 2 aromatic rings. The third-order valence-electron chi connectivity index (χ3n) is 4.02. The number of anilines is 1. The molecular weight excluding hydrogens is 416 g/mol. The first-order valence-electron chi connectivity index (χ1n) is 9.03. The average molecular weight is 441 g/mol. The van der Waals surface area contributed by atoms with Gasteiger partial charge in [-0.15, -0.1) is 0 Å². The van der Waals surface area contributed by atoms with Crippen molar-refractivity contribution in [2.24, 2.45) is 0 Å². The molecule has 1 atom stereocenters. The van der Waals surface area contributed by atoms with E-state index in [4.69, 9.17) is 21.1 Å². The van der Waals surface area contributed by atoms with Gasteiger partial charge >= 0.3 is 0 Å². The summed E-state index contributed by atoms with van der Waals surface area (Å²) in [5, 5.41) is 3.08. The minimum absolute atomic E-state index is 0.147. The number of ether oxygens (including phenoxy) is 2. The summed E-state index contributed by atoms with van der Waals surface area (Å²) in [6.07, 6.45) is 1.90. The minimum Gasteiger partial charge on any atom is -0.493 e. The van der Waals surface area contributed by atoms with Crippen molar-refractivity contribution in [2.45, 2.75) is 26.3 Å². The van der Waals surface area contributed by atoms with Gasteiger partial charge in [-0.2, -0.15) is 0 Å². The molecule has 1 unspecified atom stereocenters. The molecule has 2 rings (SSSR count). The maximum atomic E-state index is 12.6. The van der Waals surface area contributed by atoms with Crippen molar-refractivity contribution in [3.8, 4) is 11.5 Å². The molecule has 2 N–H and O–H groups in total. The van der Waals surface area contributed by atoms with Gasteiger partial charge in [-0.25, -0.2) is 8.42 Å². The summed E-state index contributed by atoms with van der Waals surface area (Å²) in [6.45, 7) is 4.44. The molecule has 0 aromatic heterocycles. The summed E-state index contributed by atoms with van der Waals surface area (Å²) >= 11 is 6.01. The molecule has 0 saturated heterocycles. The number of rotatable bonds is 9. The van der Waals surface area contributed by atoms with E-state index in [9.17, 15) is 13.2 Å². The number of hydrogen-bond acceptors (Lipinski definition) is 5. The maximum absolute atomic E-state index is 12.6. The van der Waals surface area contributed by atoms with Crippen LogP contribution in [0.3, 0.4) is 0 Å². The Balaban J connectivity index is 2.17. The highest BCUT2D eigenvalue weighted by atomic mass is 35.5. The van der Waals surface area contributed by atoms with Crippen LogP contribution in [0.4, 0.5) is 5.69 Å². The molecule has 0 spiro atoms. The second kappa shape index (κ2) is 9.84. The topological polar surface area (TPSA) is 93.7 Å². The molecule has 0 bridgehead atoms. The normalized spacial score (nSPS) is 12.2. The predicted molar refractivity (Wildman–Crippen MR) is 115 cm³/mol. The van der Waals surface area contributed by atoms with E-state index in [0.29, 0.717) is 18.1 Å². The number of nitrogens with one attached hydrogen (secondary N) is 2. The minimum atomic E-state index is -3.52. The van der Waals surface area contributed by atoms with Crippen LogP contribution in [0.15, 0.2) is 36.4 Å². The molecule has 0 fully saturated rings. The van der Waals surface area contributed by atoms with E-state index in [1.807, 2.05) is 32.0 Å². The molecule has 29 heavy (non-hydrogen) atoms. The second-order valence-electron chi connectivity index (χ2n) is 6.52. The van der Waals surface area contributed by atoms with Gasteiger partial charge in [0.1, 0.15) is 0 Å². The van der Waals surface area contributed by atoms with Gasteiger partial charge in [-0.3, -0.25) is 9.52 Å².